The molecule has 1 N–H and O–H groups in total. The standard InChI is InChI=1S/C19H26N2/c1-15-10-16(2)12-17(11-15)13-20-19(14-21(3)4)18-8-6-5-7-9-18/h5-12,19-20H,13-14H2,1-4H3/t19-/m0/s1. The van der Waals surface area contributed by atoms with Gasteiger partial charge in [0.1, 0.15) is 0 Å². The number of benzene rings is 2. The van der Waals surface area contributed by atoms with Crippen molar-refractivity contribution in [2.45, 2.75) is 26.4 Å². The molecule has 0 aliphatic heterocycles. The minimum Gasteiger partial charge on any atom is -0.308 e. The van der Waals surface area contributed by atoms with Gasteiger partial charge in [0.2, 0.25) is 0 Å². The molecule has 0 fully saturated rings. The van der Waals surface area contributed by atoms with E-state index in [1.807, 2.05) is 0 Å². The van der Waals surface area contributed by atoms with Gasteiger partial charge < -0.3 is 10.2 Å². The summed E-state index contributed by atoms with van der Waals surface area (Å²) in [6, 6.07) is 17.8. The summed E-state index contributed by atoms with van der Waals surface area (Å²) in [5, 5.41) is 3.70. The first-order valence-electron chi connectivity index (χ1n) is 7.55. The van der Waals surface area contributed by atoms with Crippen LogP contribution in [0, 0.1) is 13.8 Å². The zero-order valence-corrected chi connectivity index (χ0v) is 13.6. The first-order valence-corrected chi connectivity index (χ1v) is 7.55. The topological polar surface area (TPSA) is 15.3 Å². The minimum absolute atomic E-state index is 0.349. The Morgan fingerprint density at radius 1 is 0.952 bits per heavy atom. The number of likely N-dealkylation sites (N-methyl/N-ethyl adjacent to an activating group) is 1. The number of nitrogens with zero attached hydrogens (tertiary/aromatic N) is 1. The van der Waals surface area contributed by atoms with Gasteiger partial charge in [-0.3, -0.25) is 0 Å². The Bertz CT molecular complexity index is 541. The molecule has 0 aliphatic carbocycles. The molecule has 21 heavy (non-hydrogen) atoms. The van der Waals surface area contributed by atoms with E-state index in [4.69, 9.17) is 0 Å². The molecule has 0 spiro atoms. The first kappa shape index (κ1) is 15.7. The average Bonchev–Trinajstić information content (AvgIpc) is 2.43. The second-order valence-corrected chi connectivity index (χ2v) is 6.10. The Labute approximate surface area is 128 Å². The van der Waals surface area contributed by atoms with Crippen LogP contribution in [-0.4, -0.2) is 25.5 Å². The highest BCUT2D eigenvalue weighted by Gasteiger charge is 2.11. The van der Waals surface area contributed by atoms with Crippen molar-refractivity contribution < 1.29 is 0 Å². The number of hydrogen-bond acceptors (Lipinski definition) is 2. The number of aryl methyl sites for hydroxylation is 2. The van der Waals surface area contributed by atoms with E-state index < -0.39 is 0 Å². The van der Waals surface area contributed by atoms with Crippen LogP contribution in [-0.2, 0) is 6.54 Å². The van der Waals surface area contributed by atoms with Crippen molar-refractivity contribution in [1.29, 1.82) is 0 Å². The highest BCUT2D eigenvalue weighted by molar-refractivity contribution is 5.28. The lowest BCUT2D eigenvalue weighted by atomic mass is 10.0. The third kappa shape index (κ3) is 5.00. The van der Waals surface area contributed by atoms with Crippen LogP contribution >= 0.6 is 0 Å². The van der Waals surface area contributed by atoms with Crippen molar-refractivity contribution in [1.82, 2.24) is 10.2 Å². The number of rotatable bonds is 6. The quantitative estimate of drug-likeness (QED) is 0.869. The summed E-state index contributed by atoms with van der Waals surface area (Å²) in [6.07, 6.45) is 0. The maximum Gasteiger partial charge on any atom is 0.0451 e. The highest BCUT2D eigenvalue weighted by atomic mass is 15.1. The molecule has 2 heteroatoms. The van der Waals surface area contributed by atoms with Crippen LogP contribution in [0.5, 0.6) is 0 Å². The summed E-state index contributed by atoms with van der Waals surface area (Å²) in [4.78, 5) is 2.23. The zero-order valence-electron chi connectivity index (χ0n) is 13.6. The summed E-state index contributed by atoms with van der Waals surface area (Å²) in [6.45, 7) is 6.21. The summed E-state index contributed by atoms with van der Waals surface area (Å²) in [5.41, 5.74) is 5.36. The van der Waals surface area contributed by atoms with Crippen LogP contribution in [0.1, 0.15) is 28.3 Å². The van der Waals surface area contributed by atoms with E-state index in [9.17, 15) is 0 Å². The van der Waals surface area contributed by atoms with Crippen LogP contribution in [0.25, 0.3) is 0 Å². The minimum atomic E-state index is 0.349. The third-order valence-electron chi connectivity index (χ3n) is 3.58. The van der Waals surface area contributed by atoms with Crippen LogP contribution in [0.3, 0.4) is 0 Å². The van der Waals surface area contributed by atoms with E-state index in [1.54, 1.807) is 0 Å². The van der Waals surface area contributed by atoms with E-state index >= 15 is 0 Å². The Balaban J connectivity index is 2.08. The van der Waals surface area contributed by atoms with Crippen LogP contribution in [0.4, 0.5) is 0 Å². The Morgan fingerprint density at radius 3 is 2.14 bits per heavy atom. The summed E-state index contributed by atoms with van der Waals surface area (Å²) in [5.74, 6) is 0. The van der Waals surface area contributed by atoms with Gasteiger partial charge >= 0.3 is 0 Å². The molecule has 0 unspecified atom stereocenters. The molecule has 2 nitrogen and oxygen atoms in total. The molecule has 2 aromatic rings. The molecule has 2 rings (SSSR count). The zero-order chi connectivity index (χ0) is 15.2. The van der Waals surface area contributed by atoms with Gasteiger partial charge in [-0.25, -0.2) is 0 Å². The molecule has 1 atom stereocenters. The summed E-state index contributed by atoms with van der Waals surface area (Å²) < 4.78 is 0. The van der Waals surface area contributed by atoms with Gasteiger partial charge in [-0.1, -0.05) is 59.7 Å². The highest BCUT2D eigenvalue weighted by Crippen LogP contribution is 2.15. The van der Waals surface area contributed by atoms with Gasteiger partial charge in [0.05, 0.1) is 0 Å². The fraction of sp³-hybridized carbons (Fsp3) is 0.368. The molecule has 0 amide bonds. The SMILES string of the molecule is Cc1cc(C)cc(CN[C@@H](CN(C)C)c2ccccc2)c1. The van der Waals surface area contributed by atoms with E-state index in [-0.39, 0.29) is 0 Å². The maximum absolute atomic E-state index is 3.70. The summed E-state index contributed by atoms with van der Waals surface area (Å²) in [7, 11) is 4.24. The Hall–Kier alpha value is -1.64. The molecular formula is C19H26N2. The molecule has 2 aromatic carbocycles. The van der Waals surface area contributed by atoms with E-state index in [1.165, 1.54) is 22.3 Å². The lowest BCUT2D eigenvalue weighted by Crippen LogP contribution is -2.30. The second-order valence-electron chi connectivity index (χ2n) is 6.10. The van der Waals surface area contributed by atoms with Crippen molar-refractivity contribution in [2.75, 3.05) is 20.6 Å². The lowest BCUT2D eigenvalue weighted by molar-refractivity contribution is 0.340. The Kier molecular flexibility index (Phi) is 5.54. The summed E-state index contributed by atoms with van der Waals surface area (Å²) >= 11 is 0. The first-order chi connectivity index (χ1) is 10.0. The molecule has 0 aliphatic rings. The van der Waals surface area contributed by atoms with E-state index in [0.29, 0.717) is 6.04 Å². The van der Waals surface area contributed by atoms with Gasteiger partial charge in [-0.2, -0.15) is 0 Å². The van der Waals surface area contributed by atoms with Crippen LogP contribution in [0.2, 0.25) is 0 Å². The Morgan fingerprint density at radius 2 is 1.57 bits per heavy atom. The number of hydrogen-bond donors (Lipinski definition) is 1. The van der Waals surface area contributed by atoms with Gasteiger partial charge in [0, 0.05) is 19.1 Å². The monoisotopic (exact) mass is 282 g/mol. The molecule has 0 aromatic heterocycles. The van der Waals surface area contributed by atoms with E-state index in [0.717, 1.165) is 13.1 Å². The van der Waals surface area contributed by atoms with Crippen LogP contribution in [0.15, 0.2) is 48.5 Å². The fourth-order valence-electron chi connectivity index (χ4n) is 2.75. The van der Waals surface area contributed by atoms with Gasteiger partial charge in [-0.05, 0) is 39.1 Å². The molecule has 0 bridgehead atoms. The normalized spacial score (nSPS) is 12.6. The molecule has 0 saturated heterocycles. The molecule has 112 valence electrons. The van der Waals surface area contributed by atoms with Gasteiger partial charge in [-0.15, -0.1) is 0 Å². The van der Waals surface area contributed by atoms with Crippen molar-refractivity contribution in [2.24, 2.45) is 0 Å². The maximum atomic E-state index is 3.70. The van der Waals surface area contributed by atoms with Gasteiger partial charge in [0.15, 0.2) is 0 Å². The smallest absolute Gasteiger partial charge is 0.0451 e. The molecule has 0 heterocycles. The van der Waals surface area contributed by atoms with Crippen LogP contribution < -0.4 is 5.32 Å². The predicted molar refractivity (Wildman–Crippen MR) is 90.5 cm³/mol. The van der Waals surface area contributed by atoms with Crippen molar-refractivity contribution in [3.63, 3.8) is 0 Å². The molecule has 0 saturated carbocycles. The van der Waals surface area contributed by atoms with Crippen molar-refractivity contribution in [3.05, 3.63) is 70.8 Å². The lowest BCUT2D eigenvalue weighted by Gasteiger charge is -2.23. The molecule has 0 radical (unpaired) electrons. The third-order valence-corrected chi connectivity index (χ3v) is 3.58. The van der Waals surface area contributed by atoms with Crippen molar-refractivity contribution >= 4 is 0 Å². The predicted octanol–water partition coefficient (Wildman–Crippen LogP) is 3.70. The van der Waals surface area contributed by atoms with E-state index in [2.05, 4.69) is 86.7 Å². The second kappa shape index (κ2) is 7.39. The van der Waals surface area contributed by atoms with Crippen molar-refractivity contribution in [3.8, 4) is 0 Å². The largest absolute Gasteiger partial charge is 0.308 e. The molecular weight excluding hydrogens is 256 g/mol. The number of nitrogens with one attached hydrogen (secondary N) is 1. The average molecular weight is 282 g/mol. The fourth-order valence-corrected chi connectivity index (χ4v) is 2.75. The van der Waals surface area contributed by atoms with Gasteiger partial charge in [0.25, 0.3) is 0 Å².